The molecule has 1 fully saturated rings. The fraction of sp³-hybridized carbons (Fsp3) is 0.650. The summed E-state index contributed by atoms with van der Waals surface area (Å²) in [6, 6.07) is 2.06. The Kier molecular flexibility index (Phi) is 3.82. The lowest BCUT2D eigenvalue weighted by atomic mass is 9.44. The second-order valence-electron chi connectivity index (χ2n) is 8.03. The van der Waals surface area contributed by atoms with Crippen LogP contribution in [-0.2, 0) is 11.2 Å². The maximum Gasteiger partial charge on any atom is 0.156 e. The standard InChI is InChI=1S/C20H28O2/c1-14-11-17(21)12-20(4)18(14)6-5-15(2)19(20,3)9-7-16-8-10-22-13-16/h8,10-11,13,15,18H,5-7,9,12H2,1-4H3. The summed E-state index contributed by atoms with van der Waals surface area (Å²) < 4.78 is 5.22. The van der Waals surface area contributed by atoms with E-state index in [2.05, 4.69) is 33.8 Å². The van der Waals surface area contributed by atoms with Crippen molar-refractivity contribution in [3.8, 4) is 0 Å². The molecule has 120 valence electrons. The fourth-order valence-corrected chi connectivity index (χ4v) is 5.21. The molecule has 1 aromatic heterocycles. The van der Waals surface area contributed by atoms with E-state index in [1.807, 2.05) is 12.3 Å². The second-order valence-corrected chi connectivity index (χ2v) is 8.03. The normalized spacial score (nSPS) is 38.5. The monoisotopic (exact) mass is 300 g/mol. The van der Waals surface area contributed by atoms with Gasteiger partial charge in [0.05, 0.1) is 12.5 Å². The molecule has 2 aliphatic rings. The maximum atomic E-state index is 12.3. The van der Waals surface area contributed by atoms with E-state index in [1.165, 1.54) is 24.0 Å². The van der Waals surface area contributed by atoms with Crippen molar-refractivity contribution in [3.05, 3.63) is 35.8 Å². The van der Waals surface area contributed by atoms with Gasteiger partial charge in [-0.1, -0.05) is 26.3 Å². The molecule has 2 heteroatoms. The molecule has 22 heavy (non-hydrogen) atoms. The first-order chi connectivity index (χ1) is 10.4. The summed E-state index contributed by atoms with van der Waals surface area (Å²) in [6.45, 7) is 9.34. The zero-order valence-electron chi connectivity index (χ0n) is 14.3. The Morgan fingerprint density at radius 3 is 2.77 bits per heavy atom. The minimum atomic E-state index is 0.0876. The van der Waals surface area contributed by atoms with Gasteiger partial charge in [-0.25, -0.2) is 0 Å². The van der Waals surface area contributed by atoms with Crippen molar-refractivity contribution in [3.63, 3.8) is 0 Å². The Morgan fingerprint density at radius 2 is 2.09 bits per heavy atom. The van der Waals surface area contributed by atoms with Crippen LogP contribution in [-0.4, -0.2) is 5.78 Å². The number of furan rings is 1. The summed E-state index contributed by atoms with van der Waals surface area (Å²) in [5.41, 5.74) is 2.86. The highest BCUT2D eigenvalue weighted by Crippen LogP contribution is 2.63. The molecule has 0 amide bonds. The van der Waals surface area contributed by atoms with E-state index in [4.69, 9.17) is 4.42 Å². The van der Waals surface area contributed by atoms with Crippen LogP contribution in [0.1, 0.15) is 58.9 Å². The van der Waals surface area contributed by atoms with Gasteiger partial charge in [0, 0.05) is 6.42 Å². The first kappa shape index (κ1) is 15.6. The molecule has 0 aliphatic heterocycles. The van der Waals surface area contributed by atoms with Crippen LogP contribution in [0, 0.1) is 22.7 Å². The summed E-state index contributed by atoms with van der Waals surface area (Å²) in [6.07, 6.45) is 10.9. The number of rotatable bonds is 3. The van der Waals surface area contributed by atoms with Crippen LogP contribution in [0.2, 0.25) is 0 Å². The summed E-state index contributed by atoms with van der Waals surface area (Å²) in [4.78, 5) is 12.3. The Hall–Kier alpha value is -1.31. The molecule has 4 atom stereocenters. The Bertz CT molecular complexity index is 583. The van der Waals surface area contributed by atoms with Gasteiger partial charge in [-0.15, -0.1) is 0 Å². The number of fused-ring (bicyclic) bond motifs is 1. The predicted octanol–water partition coefficient (Wildman–Crippen LogP) is 5.19. The smallest absolute Gasteiger partial charge is 0.156 e. The molecule has 2 nitrogen and oxygen atoms in total. The molecule has 3 rings (SSSR count). The van der Waals surface area contributed by atoms with Crippen LogP contribution >= 0.6 is 0 Å². The third-order valence-corrected chi connectivity index (χ3v) is 7.04. The van der Waals surface area contributed by atoms with Gasteiger partial charge < -0.3 is 4.42 Å². The Morgan fingerprint density at radius 1 is 1.32 bits per heavy atom. The number of carbonyl (C=O) groups is 1. The lowest BCUT2D eigenvalue weighted by Gasteiger charge is -2.59. The van der Waals surface area contributed by atoms with Gasteiger partial charge in [-0.05, 0) is 73.0 Å². The van der Waals surface area contributed by atoms with Crippen molar-refractivity contribution in [2.75, 3.05) is 0 Å². The highest BCUT2D eigenvalue weighted by atomic mass is 16.3. The van der Waals surface area contributed by atoms with Crippen molar-refractivity contribution in [2.24, 2.45) is 22.7 Å². The number of hydrogen-bond acceptors (Lipinski definition) is 2. The maximum absolute atomic E-state index is 12.3. The number of ketones is 1. The number of allylic oxidation sites excluding steroid dienone is 2. The third kappa shape index (κ3) is 2.28. The summed E-state index contributed by atoms with van der Waals surface area (Å²) in [5.74, 6) is 1.54. The van der Waals surface area contributed by atoms with Crippen LogP contribution < -0.4 is 0 Å². The molecule has 4 unspecified atom stereocenters. The lowest BCUT2D eigenvalue weighted by molar-refractivity contribution is -0.130. The van der Waals surface area contributed by atoms with Crippen molar-refractivity contribution in [1.29, 1.82) is 0 Å². The minimum absolute atomic E-state index is 0.0876. The Balaban J connectivity index is 1.92. The summed E-state index contributed by atoms with van der Waals surface area (Å²) in [7, 11) is 0. The average Bonchev–Trinajstić information content (AvgIpc) is 2.95. The molecule has 2 aliphatic carbocycles. The van der Waals surface area contributed by atoms with Crippen molar-refractivity contribution < 1.29 is 9.21 Å². The van der Waals surface area contributed by atoms with Crippen molar-refractivity contribution in [1.82, 2.24) is 0 Å². The molecule has 0 saturated heterocycles. The highest BCUT2D eigenvalue weighted by Gasteiger charge is 2.56. The largest absolute Gasteiger partial charge is 0.472 e. The molecule has 0 spiro atoms. The van der Waals surface area contributed by atoms with Gasteiger partial charge in [-0.3, -0.25) is 4.79 Å². The van der Waals surface area contributed by atoms with E-state index < -0.39 is 0 Å². The first-order valence-electron chi connectivity index (χ1n) is 8.59. The van der Waals surface area contributed by atoms with Gasteiger partial charge in [0.2, 0.25) is 0 Å². The minimum Gasteiger partial charge on any atom is -0.472 e. The highest BCUT2D eigenvalue weighted by molar-refractivity contribution is 5.92. The predicted molar refractivity (Wildman–Crippen MR) is 88.5 cm³/mol. The molecule has 0 N–H and O–H groups in total. The van der Waals surface area contributed by atoms with E-state index in [0.717, 1.165) is 12.8 Å². The quantitative estimate of drug-likeness (QED) is 0.769. The van der Waals surface area contributed by atoms with E-state index in [-0.39, 0.29) is 10.8 Å². The summed E-state index contributed by atoms with van der Waals surface area (Å²) in [5, 5.41) is 0. The van der Waals surface area contributed by atoms with Crippen LogP contribution in [0.3, 0.4) is 0 Å². The topological polar surface area (TPSA) is 30.2 Å². The lowest BCUT2D eigenvalue weighted by Crippen LogP contribution is -2.53. The van der Waals surface area contributed by atoms with E-state index in [0.29, 0.717) is 24.0 Å². The molecular weight excluding hydrogens is 272 g/mol. The Labute approximate surface area is 134 Å². The van der Waals surface area contributed by atoms with Crippen LogP contribution in [0.25, 0.3) is 0 Å². The average molecular weight is 300 g/mol. The van der Waals surface area contributed by atoms with E-state index in [9.17, 15) is 4.79 Å². The van der Waals surface area contributed by atoms with E-state index >= 15 is 0 Å². The van der Waals surface area contributed by atoms with Crippen LogP contribution in [0.4, 0.5) is 0 Å². The number of aryl methyl sites for hydroxylation is 1. The van der Waals surface area contributed by atoms with Crippen LogP contribution in [0.5, 0.6) is 0 Å². The third-order valence-electron chi connectivity index (χ3n) is 7.04. The van der Waals surface area contributed by atoms with Crippen molar-refractivity contribution >= 4 is 5.78 Å². The second kappa shape index (κ2) is 5.40. The fourth-order valence-electron chi connectivity index (χ4n) is 5.21. The molecule has 0 aromatic carbocycles. The number of hydrogen-bond donors (Lipinski definition) is 0. The van der Waals surface area contributed by atoms with Gasteiger partial charge in [0.25, 0.3) is 0 Å². The van der Waals surface area contributed by atoms with Gasteiger partial charge in [-0.2, -0.15) is 0 Å². The SMILES string of the molecule is CC1=CC(=O)CC2(C)C1CCC(C)C2(C)CCc1ccoc1. The zero-order chi connectivity index (χ0) is 16.0. The molecular formula is C20H28O2. The molecule has 0 radical (unpaired) electrons. The van der Waals surface area contributed by atoms with Gasteiger partial charge >= 0.3 is 0 Å². The van der Waals surface area contributed by atoms with Gasteiger partial charge in [0.1, 0.15) is 0 Å². The van der Waals surface area contributed by atoms with E-state index in [1.54, 1.807) is 6.26 Å². The number of carbonyl (C=O) groups excluding carboxylic acids is 1. The summed E-state index contributed by atoms with van der Waals surface area (Å²) >= 11 is 0. The van der Waals surface area contributed by atoms with Gasteiger partial charge in [0.15, 0.2) is 5.78 Å². The molecule has 1 heterocycles. The molecule has 1 aromatic rings. The molecule has 1 saturated carbocycles. The van der Waals surface area contributed by atoms with Crippen LogP contribution in [0.15, 0.2) is 34.7 Å². The van der Waals surface area contributed by atoms with Crippen molar-refractivity contribution in [2.45, 2.75) is 59.8 Å². The zero-order valence-corrected chi connectivity index (χ0v) is 14.3. The molecule has 0 bridgehead atoms. The first-order valence-corrected chi connectivity index (χ1v) is 8.59.